The second kappa shape index (κ2) is 8.64. The van der Waals surface area contributed by atoms with Crippen LogP contribution in [0.5, 0.6) is 0 Å². The molecular weight excluding hydrogens is 391 g/mol. The summed E-state index contributed by atoms with van der Waals surface area (Å²) in [5.41, 5.74) is 0.179. The third-order valence-electron chi connectivity index (χ3n) is 3.09. The number of halogens is 1. The van der Waals surface area contributed by atoms with Gasteiger partial charge < -0.3 is 5.32 Å². The number of carbonyl (C=O) groups is 2. The molecule has 2 aromatic heterocycles. The maximum absolute atomic E-state index is 13.2. The maximum Gasteiger partial charge on any atom is 0.256 e. The molecule has 0 radical (unpaired) electrons. The van der Waals surface area contributed by atoms with Gasteiger partial charge in [-0.25, -0.2) is 4.39 Å². The minimum absolute atomic E-state index is 0.127. The first-order chi connectivity index (χ1) is 13.0. The van der Waals surface area contributed by atoms with Crippen LogP contribution >= 0.6 is 23.1 Å². The average molecular weight is 404 g/mol. The Morgan fingerprint density at radius 3 is 2.63 bits per heavy atom. The van der Waals surface area contributed by atoms with Crippen molar-refractivity contribution in [1.29, 1.82) is 0 Å². The molecule has 0 aliphatic rings. The topological polar surface area (TPSA) is 110 Å². The first kappa shape index (κ1) is 18.9. The fourth-order valence-corrected chi connectivity index (χ4v) is 3.15. The van der Waals surface area contributed by atoms with E-state index in [9.17, 15) is 14.0 Å². The molecule has 0 fully saturated rings. The molecule has 2 N–H and O–H groups in total. The van der Waals surface area contributed by atoms with Crippen LogP contribution in [0.2, 0.25) is 0 Å². The van der Waals surface area contributed by atoms with E-state index in [1.807, 2.05) is 0 Å². The third kappa shape index (κ3) is 5.53. The van der Waals surface area contributed by atoms with Gasteiger partial charge in [0.25, 0.3) is 5.91 Å². The molecular formula is C16H13FN6O2S2. The summed E-state index contributed by atoms with van der Waals surface area (Å²) in [5, 5.41) is 22.4. The van der Waals surface area contributed by atoms with Gasteiger partial charge in [0, 0.05) is 5.56 Å². The largest absolute Gasteiger partial charge is 0.305 e. The first-order valence-electron chi connectivity index (χ1n) is 7.63. The number of anilines is 2. The molecule has 2 heterocycles. The second-order valence-corrected chi connectivity index (χ2v) is 7.36. The highest BCUT2D eigenvalue weighted by molar-refractivity contribution is 7.99. The Bertz CT molecular complexity index is 964. The van der Waals surface area contributed by atoms with Gasteiger partial charge in [-0.15, -0.1) is 20.4 Å². The molecule has 0 aliphatic carbocycles. The Labute approximate surface area is 161 Å². The zero-order valence-electron chi connectivity index (χ0n) is 14.0. The molecule has 3 rings (SSSR count). The SMILES string of the molecule is Cc1nnc(NC(=O)CSc2ccc(NC(=O)c3cccc(F)c3)nn2)s1. The summed E-state index contributed by atoms with van der Waals surface area (Å²) in [7, 11) is 0. The highest BCUT2D eigenvalue weighted by atomic mass is 32.2. The van der Waals surface area contributed by atoms with Gasteiger partial charge in [0.15, 0.2) is 5.82 Å². The summed E-state index contributed by atoms with van der Waals surface area (Å²) in [6, 6.07) is 8.51. The molecule has 0 bridgehead atoms. The number of thioether (sulfide) groups is 1. The molecule has 3 aromatic rings. The Morgan fingerprint density at radius 2 is 1.96 bits per heavy atom. The first-order valence-corrected chi connectivity index (χ1v) is 9.43. The Hall–Kier alpha value is -2.92. The highest BCUT2D eigenvalue weighted by Gasteiger charge is 2.10. The summed E-state index contributed by atoms with van der Waals surface area (Å²) >= 11 is 2.48. The van der Waals surface area contributed by atoms with Crippen LogP contribution in [0.3, 0.4) is 0 Å². The van der Waals surface area contributed by atoms with E-state index in [1.54, 1.807) is 19.1 Å². The van der Waals surface area contributed by atoms with Crippen LogP contribution in [0.15, 0.2) is 41.4 Å². The standard InChI is InChI=1S/C16H13FN6O2S2/c1-9-20-23-16(27-9)19-13(24)8-26-14-6-5-12(21-22-14)18-15(25)10-3-2-4-11(17)7-10/h2-7H,8H2,1H3,(H,18,21,25)(H,19,23,24). The number of aromatic nitrogens is 4. The molecule has 0 spiro atoms. The summed E-state index contributed by atoms with van der Waals surface area (Å²) in [5.74, 6) is -0.871. The van der Waals surface area contributed by atoms with Gasteiger partial charge in [0.2, 0.25) is 11.0 Å². The lowest BCUT2D eigenvalue weighted by Gasteiger charge is -2.05. The van der Waals surface area contributed by atoms with Crippen molar-refractivity contribution in [3.8, 4) is 0 Å². The van der Waals surface area contributed by atoms with Gasteiger partial charge in [0.1, 0.15) is 15.9 Å². The Kier molecular flexibility index (Phi) is 6.04. The van der Waals surface area contributed by atoms with Crippen molar-refractivity contribution in [3.63, 3.8) is 0 Å². The minimum Gasteiger partial charge on any atom is -0.305 e. The number of benzene rings is 1. The van der Waals surface area contributed by atoms with E-state index in [-0.39, 0.29) is 23.0 Å². The van der Waals surface area contributed by atoms with E-state index < -0.39 is 11.7 Å². The number of hydrogen-bond donors (Lipinski definition) is 2. The van der Waals surface area contributed by atoms with E-state index in [2.05, 4.69) is 31.0 Å². The molecule has 0 atom stereocenters. The predicted molar refractivity (Wildman–Crippen MR) is 100 cm³/mol. The maximum atomic E-state index is 13.2. The number of nitrogens with one attached hydrogen (secondary N) is 2. The number of aryl methyl sites for hydroxylation is 1. The zero-order valence-corrected chi connectivity index (χ0v) is 15.6. The molecule has 0 saturated heterocycles. The fourth-order valence-electron chi connectivity index (χ4n) is 1.92. The van der Waals surface area contributed by atoms with Crippen LogP contribution in [0, 0.1) is 12.7 Å². The molecule has 2 amide bonds. The monoisotopic (exact) mass is 404 g/mol. The van der Waals surface area contributed by atoms with E-state index in [1.165, 1.54) is 41.3 Å². The fraction of sp³-hybridized carbons (Fsp3) is 0.125. The summed E-state index contributed by atoms with van der Waals surface area (Å²) in [4.78, 5) is 23.9. The smallest absolute Gasteiger partial charge is 0.256 e. The molecule has 11 heteroatoms. The molecule has 0 aliphatic heterocycles. The van der Waals surface area contributed by atoms with Gasteiger partial charge in [-0.3, -0.25) is 14.9 Å². The van der Waals surface area contributed by atoms with Crippen molar-refractivity contribution in [2.45, 2.75) is 11.9 Å². The predicted octanol–water partition coefficient (Wildman–Crippen LogP) is 2.76. The van der Waals surface area contributed by atoms with Crippen molar-refractivity contribution >= 4 is 45.9 Å². The Balaban J connectivity index is 1.51. The van der Waals surface area contributed by atoms with Crippen LogP contribution in [0.1, 0.15) is 15.4 Å². The van der Waals surface area contributed by atoms with E-state index in [0.29, 0.717) is 10.2 Å². The average Bonchev–Trinajstić information content (AvgIpc) is 3.06. The van der Waals surface area contributed by atoms with Crippen molar-refractivity contribution < 1.29 is 14.0 Å². The molecule has 8 nitrogen and oxygen atoms in total. The summed E-state index contributed by atoms with van der Waals surface area (Å²) < 4.78 is 13.2. The van der Waals surface area contributed by atoms with Crippen molar-refractivity contribution in [3.05, 3.63) is 52.8 Å². The van der Waals surface area contributed by atoms with Crippen LogP contribution in [-0.4, -0.2) is 38.0 Å². The van der Waals surface area contributed by atoms with Crippen LogP contribution in [-0.2, 0) is 4.79 Å². The van der Waals surface area contributed by atoms with E-state index in [4.69, 9.17) is 0 Å². The quantitative estimate of drug-likeness (QED) is 0.608. The van der Waals surface area contributed by atoms with Gasteiger partial charge in [-0.2, -0.15) is 0 Å². The number of hydrogen-bond acceptors (Lipinski definition) is 8. The van der Waals surface area contributed by atoms with Crippen LogP contribution in [0.25, 0.3) is 0 Å². The van der Waals surface area contributed by atoms with Crippen molar-refractivity contribution in [2.75, 3.05) is 16.4 Å². The van der Waals surface area contributed by atoms with Gasteiger partial charge in [-0.05, 0) is 37.3 Å². The van der Waals surface area contributed by atoms with Gasteiger partial charge >= 0.3 is 0 Å². The second-order valence-electron chi connectivity index (χ2n) is 5.18. The minimum atomic E-state index is -0.498. The van der Waals surface area contributed by atoms with Gasteiger partial charge in [0.05, 0.1) is 5.75 Å². The van der Waals surface area contributed by atoms with Gasteiger partial charge in [-0.1, -0.05) is 29.2 Å². The molecule has 0 saturated carbocycles. The number of carbonyl (C=O) groups excluding carboxylic acids is 2. The van der Waals surface area contributed by atoms with Crippen molar-refractivity contribution in [1.82, 2.24) is 20.4 Å². The summed E-state index contributed by atoms with van der Waals surface area (Å²) in [6.45, 7) is 1.80. The molecule has 138 valence electrons. The normalized spacial score (nSPS) is 10.4. The van der Waals surface area contributed by atoms with Crippen LogP contribution in [0.4, 0.5) is 15.3 Å². The number of nitrogens with zero attached hydrogens (tertiary/aromatic N) is 4. The third-order valence-corrected chi connectivity index (χ3v) is 4.77. The lowest BCUT2D eigenvalue weighted by atomic mass is 10.2. The zero-order chi connectivity index (χ0) is 19.2. The lowest BCUT2D eigenvalue weighted by Crippen LogP contribution is -2.14. The van der Waals surface area contributed by atoms with E-state index in [0.717, 1.165) is 11.1 Å². The number of rotatable bonds is 6. The highest BCUT2D eigenvalue weighted by Crippen LogP contribution is 2.18. The summed E-state index contributed by atoms with van der Waals surface area (Å²) in [6.07, 6.45) is 0. The van der Waals surface area contributed by atoms with Crippen molar-refractivity contribution in [2.24, 2.45) is 0 Å². The Morgan fingerprint density at radius 1 is 1.11 bits per heavy atom. The molecule has 27 heavy (non-hydrogen) atoms. The van der Waals surface area contributed by atoms with Crippen LogP contribution < -0.4 is 10.6 Å². The van der Waals surface area contributed by atoms with E-state index >= 15 is 0 Å². The molecule has 1 aromatic carbocycles. The molecule has 0 unspecified atom stereocenters. The lowest BCUT2D eigenvalue weighted by molar-refractivity contribution is -0.113. The number of amides is 2.